The Morgan fingerprint density at radius 1 is 1.33 bits per heavy atom. The van der Waals surface area contributed by atoms with Gasteiger partial charge < -0.3 is 14.2 Å². The topological polar surface area (TPSA) is 64.4 Å². The number of carbonyl (C=O) groups excluding carboxylic acids is 1. The van der Waals surface area contributed by atoms with Gasteiger partial charge in [-0.25, -0.2) is 4.79 Å². The van der Waals surface area contributed by atoms with Crippen LogP contribution in [-0.4, -0.2) is 46.2 Å². The number of ether oxygens (including phenoxy) is 1. The lowest BCUT2D eigenvalue weighted by molar-refractivity contribution is 0.0236. The fourth-order valence-electron chi connectivity index (χ4n) is 2.19. The number of aryl methyl sites for hydroxylation is 1. The fourth-order valence-corrected chi connectivity index (χ4v) is 2.98. The number of aromatic nitrogens is 2. The molecule has 1 aromatic heterocycles. The van der Waals surface area contributed by atoms with E-state index in [4.69, 9.17) is 4.74 Å². The van der Waals surface area contributed by atoms with Crippen LogP contribution in [0.1, 0.15) is 32.9 Å². The number of amides is 1. The van der Waals surface area contributed by atoms with Crippen molar-refractivity contribution < 1.29 is 14.1 Å². The summed E-state index contributed by atoms with van der Waals surface area (Å²) < 4.78 is 19.4. The van der Waals surface area contributed by atoms with E-state index in [0.717, 1.165) is 18.7 Å². The molecule has 0 radical (unpaired) electrons. The highest BCUT2D eigenvalue weighted by Gasteiger charge is 2.26. The summed E-state index contributed by atoms with van der Waals surface area (Å²) in [6, 6.07) is 1.85. The largest absolute Gasteiger partial charge is 0.444 e. The minimum Gasteiger partial charge on any atom is -0.444 e. The van der Waals surface area contributed by atoms with E-state index < -0.39 is 12.7 Å². The zero-order valence-corrected chi connectivity index (χ0v) is 14.3. The third-order valence-corrected chi connectivity index (χ3v) is 4.53. The minimum atomic E-state index is -2.38. The second-order valence-corrected chi connectivity index (χ2v) is 9.98. The van der Waals surface area contributed by atoms with Gasteiger partial charge >= 0.3 is 6.09 Å². The van der Waals surface area contributed by atoms with Crippen LogP contribution in [0.5, 0.6) is 0 Å². The van der Waals surface area contributed by atoms with Gasteiger partial charge in [0.25, 0.3) is 0 Å². The second kappa shape index (κ2) is 5.48. The average molecular weight is 313 g/mol. The number of nitrogens with zero attached hydrogens (tertiary/aromatic N) is 3. The Labute approximate surface area is 125 Å². The minimum absolute atomic E-state index is 0.310. The van der Waals surface area contributed by atoms with E-state index >= 15 is 0 Å². The van der Waals surface area contributed by atoms with Crippen molar-refractivity contribution in [3.8, 4) is 0 Å². The van der Waals surface area contributed by atoms with Crippen LogP contribution in [0.25, 0.3) is 0 Å². The Bertz CT molecular complexity index is 583. The zero-order chi connectivity index (χ0) is 15.8. The van der Waals surface area contributed by atoms with Gasteiger partial charge in [0.05, 0.1) is 12.2 Å². The van der Waals surface area contributed by atoms with E-state index in [9.17, 15) is 9.36 Å². The molecule has 1 aromatic rings. The van der Waals surface area contributed by atoms with Crippen LogP contribution < -0.4 is 5.44 Å². The maximum absolute atomic E-state index is 12.2. The normalized spacial score (nSPS) is 16.3. The predicted octanol–water partition coefficient (Wildman–Crippen LogP) is 2.27. The summed E-state index contributed by atoms with van der Waals surface area (Å²) in [6.45, 7) is 10.8. The highest BCUT2D eigenvalue weighted by atomic mass is 31.2. The van der Waals surface area contributed by atoms with E-state index in [1.807, 2.05) is 31.5 Å². The van der Waals surface area contributed by atoms with Gasteiger partial charge in [-0.15, -0.1) is 0 Å². The molecule has 0 fully saturated rings. The lowest BCUT2D eigenvalue weighted by Crippen LogP contribution is -2.36. The summed E-state index contributed by atoms with van der Waals surface area (Å²) in [4.78, 5) is 13.9. The number of hydrogen-bond donors (Lipinski definition) is 0. The first-order valence-corrected chi connectivity index (χ1v) is 9.76. The first-order chi connectivity index (χ1) is 9.56. The quantitative estimate of drug-likeness (QED) is 0.746. The van der Waals surface area contributed by atoms with Crippen molar-refractivity contribution in [2.75, 3.05) is 19.9 Å². The maximum atomic E-state index is 12.2. The van der Waals surface area contributed by atoms with Gasteiger partial charge in [0.15, 0.2) is 0 Å². The second-order valence-electron chi connectivity index (χ2n) is 6.82. The highest BCUT2D eigenvalue weighted by molar-refractivity contribution is 7.69. The smallest absolute Gasteiger partial charge is 0.410 e. The first kappa shape index (κ1) is 16.1. The average Bonchev–Trinajstić information content (AvgIpc) is 2.59. The van der Waals surface area contributed by atoms with Crippen LogP contribution in [0.15, 0.2) is 6.07 Å². The molecule has 0 atom stereocenters. The third kappa shape index (κ3) is 4.10. The van der Waals surface area contributed by atoms with E-state index in [-0.39, 0.29) is 6.09 Å². The number of fused-ring (bicyclic) bond motifs is 1. The van der Waals surface area contributed by atoms with Crippen molar-refractivity contribution in [1.29, 1.82) is 0 Å². The third-order valence-electron chi connectivity index (χ3n) is 3.20. The summed E-state index contributed by atoms with van der Waals surface area (Å²) in [5.41, 5.74) is 1.04. The van der Waals surface area contributed by atoms with Crippen molar-refractivity contribution in [2.45, 2.75) is 45.9 Å². The molecule has 0 saturated carbocycles. The molecule has 0 spiro atoms. The Morgan fingerprint density at radius 3 is 2.57 bits per heavy atom. The van der Waals surface area contributed by atoms with Gasteiger partial charge in [0.2, 0.25) is 0 Å². The van der Waals surface area contributed by atoms with Crippen molar-refractivity contribution in [3.63, 3.8) is 0 Å². The highest BCUT2D eigenvalue weighted by Crippen LogP contribution is 2.34. The molecule has 7 heteroatoms. The van der Waals surface area contributed by atoms with Crippen LogP contribution in [0, 0.1) is 0 Å². The summed E-state index contributed by atoms with van der Waals surface area (Å²) in [5.74, 6) is 0. The Kier molecular flexibility index (Phi) is 4.20. The summed E-state index contributed by atoms with van der Waals surface area (Å²) in [7, 11) is -2.38. The zero-order valence-electron chi connectivity index (χ0n) is 13.4. The van der Waals surface area contributed by atoms with E-state index in [0.29, 0.717) is 18.5 Å². The lowest BCUT2D eigenvalue weighted by atomic mass is 10.2. The van der Waals surface area contributed by atoms with Crippen molar-refractivity contribution >= 4 is 18.7 Å². The molecule has 0 aliphatic carbocycles. The van der Waals surface area contributed by atoms with Gasteiger partial charge in [-0.3, -0.25) is 4.68 Å². The molecule has 0 aromatic carbocycles. The van der Waals surface area contributed by atoms with Crippen LogP contribution in [-0.2, 0) is 22.4 Å². The molecule has 6 nitrogen and oxygen atoms in total. The predicted molar refractivity (Wildman–Crippen MR) is 82.6 cm³/mol. The Balaban J connectivity index is 2.19. The van der Waals surface area contributed by atoms with Crippen molar-refractivity contribution in [1.82, 2.24) is 14.7 Å². The van der Waals surface area contributed by atoms with Crippen LogP contribution >= 0.6 is 7.14 Å². The number of rotatable bonds is 1. The summed E-state index contributed by atoms with van der Waals surface area (Å²) in [5, 5.41) is 4.43. The van der Waals surface area contributed by atoms with E-state index in [1.54, 1.807) is 18.2 Å². The molecule has 1 aliphatic heterocycles. The maximum Gasteiger partial charge on any atom is 0.410 e. The molecule has 1 amide bonds. The van der Waals surface area contributed by atoms with E-state index in [1.165, 1.54) is 0 Å². The Hall–Kier alpha value is -1.29. The van der Waals surface area contributed by atoms with Gasteiger partial charge in [-0.2, -0.15) is 5.10 Å². The fraction of sp³-hybridized carbons (Fsp3) is 0.714. The summed E-state index contributed by atoms with van der Waals surface area (Å²) in [6.07, 6.45) is 0.500. The summed E-state index contributed by atoms with van der Waals surface area (Å²) >= 11 is 0. The van der Waals surface area contributed by atoms with E-state index in [2.05, 4.69) is 5.10 Å². The molecule has 21 heavy (non-hydrogen) atoms. The molecular formula is C14H24N3O3P. The van der Waals surface area contributed by atoms with Crippen LogP contribution in [0.4, 0.5) is 4.79 Å². The number of hydrogen-bond acceptors (Lipinski definition) is 4. The molecule has 0 saturated heterocycles. The van der Waals surface area contributed by atoms with Crippen LogP contribution in [0.3, 0.4) is 0 Å². The molecule has 0 bridgehead atoms. The monoisotopic (exact) mass is 313 g/mol. The van der Waals surface area contributed by atoms with Crippen molar-refractivity contribution in [3.05, 3.63) is 11.8 Å². The molecule has 2 heterocycles. The molecule has 0 unspecified atom stereocenters. The van der Waals surface area contributed by atoms with Gasteiger partial charge in [0.1, 0.15) is 18.2 Å². The van der Waals surface area contributed by atoms with Gasteiger partial charge in [-0.05, 0) is 46.6 Å². The Morgan fingerprint density at radius 2 is 2.00 bits per heavy atom. The van der Waals surface area contributed by atoms with Gasteiger partial charge in [-0.1, -0.05) is 0 Å². The SMILES string of the molecule is CC(C)(C)OC(=O)N1CCCn2nc(P(C)(C)=O)cc2C1. The number of carbonyl (C=O) groups is 1. The lowest BCUT2D eigenvalue weighted by Gasteiger charge is -2.26. The first-order valence-electron chi connectivity index (χ1n) is 7.16. The van der Waals surface area contributed by atoms with Crippen LogP contribution in [0.2, 0.25) is 0 Å². The van der Waals surface area contributed by atoms with Crippen molar-refractivity contribution in [2.24, 2.45) is 0 Å². The van der Waals surface area contributed by atoms with Gasteiger partial charge in [0, 0.05) is 13.1 Å². The molecule has 1 aliphatic rings. The molecular weight excluding hydrogens is 289 g/mol. The molecule has 0 N–H and O–H groups in total. The molecule has 118 valence electrons. The molecule has 2 rings (SSSR count). The standard InChI is InChI=1S/C14H24N3O3P/c1-14(2,3)20-13(18)16-7-6-8-17-11(10-16)9-12(15-17)21(4,5)19/h9H,6-8,10H2,1-5H3.